The smallest absolute Gasteiger partial charge is 0.504 e. The number of pyridine rings is 1. The van der Waals surface area contributed by atoms with Crippen molar-refractivity contribution in [2.75, 3.05) is 31.6 Å². The van der Waals surface area contributed by atoms with Crippen LogP contribution in [-0.2, 0) is 12.8 Å². The normalized spacial score (nSPS) is 22.2. The van der Waals surface area contributed by atoms with Crippen molar-refractivity contribution in [1.29, 1.82) is 0 Å². The van der Waals surface area contributed by atoms with Crippen LogP contribution in [0.1, 0.15) is 30.4 Å². The van der Waals surface area contributed by atoms with Gasteiger partial charge in [0.25, 0.3) is 5.56 Å². The minimum atomic E-state index is -1.63. The van der Waals surface area contributed by atoms with Crippen LogP contribution in [0.25, 0.3) is 11.3 Å². The van der Waals surface area contributed by atoms with Gasteiger partial charge >= 0.3 is 6.16 Å². The molecule has 0 amide bonds. The molecule has 172 valence electrons. The van der Waals surface area contributed by atoms with E-state index in [4.69, 9.17) is 5.11 Å². The number of carboxylic acid groups (broad SMARTS) is 1. The second-order valence-corrected chi connectivity index (χ2v) is 8.90. The fraction of sp³-hybridized carbons (Fsp3) is 0.478. The second kappa shape index (κ2) is 8.67. The molecule has 2 atom stereocenters. The van der Waals surface area contributed by atoms with Gasteiger partial charge < -0.3 is 29.7 Å². The van der Waals surface area contributed by atoms with Crippen molar-refractivity contribution >= 4 is 24.2 Å². The van der Waals surface area contributed by atoms with Crippen LogP contribution < -0.4 is 15.2 Å². The van der Waals surface area contributed by atoms with Gasteiger partial charge in [-0.3, -0.25) is 4.79 Å². The maximum absolute atomic E-state index is 12.4. The van der Waals surface area contributed by atoms with E-state index in [0.29, 0.717) is 29.6 Å². The highest BCUT2D eigenvalue weighted by molar-refractivity contribution is 5.85. The molecule has 2 aromatic rings. The Balaban J connectivity index is 0.00000245. The van der Waals surface area contributed by atoms with Gasteiger partial charge in [0.1, 0.15) is 0 Å². The van der Waals surface area contributed by atoms with Crippen LogP contribution in [0, 0.1) is 5.92 Å². The summed E-state index contributed by atoms with van der Waals surface area (Å²) in [4.78, 5) is 31.0. The van der Waals surface area contributed by atoms with Crippen molar-refractivity contribution in [3.8, 4) is 22.8 Å². The minimum absolute atomic E-state index is 0. The molecule has 0 spiro atoms. The quantitative estimate of drug-likeness (QED) is 0.589. The van der Waals surface area contributed by atoms with Crippen molar-refractivity contribution in [3.05, 3.63) is 39.7 Å². The van der Waals surface area contributed by atoms with Crippen LogP contribution in [0.3, 0.4) is 0 Å². The van der Waals surface area contributed by atoms with Crippen LogP contribution >= 0.6 is 12.4 Å². The topological polar surface area (TPSA) is 106 Å². The molecule has 5 rings (SSSR count). The maximum Gasteiger partial charge on any atom is 0.511 e. The Morgan fingerprint density at radius 1 is 1.22 bits per heavy atom. The molecule has 0 radical (unpaired) electrons. The zero-order chi connectivity index (χ0) is 21.7. The van der Waals surface area contributed by atoms with Crippen molar-refractivity contribution in [1.82, 2.24) is 9.88 Å². The fourth-order valence-corrected chi connectivity index (χ4v) is 5.56. The molecule has 1 aliphatic carbocycles. The number of fused-ring (bicyclic) bond motifs is 4. The van der Waals surface area contributed by atoms with Crippen LogP contribution in [0.4, 0.5) is 10.5 Å². The predicted molar refractivity (Wildman–Crippen MR) is 123 cm³/mol. The number of anilines is 1. The molecule has 2 fully saturated rings. The summed E-state index contributed by atoms with van der Waals surface area (Å²) >= 11 is 0. The Hall–Kier alpha value is -2.71. The molecular weight excluding hydrogens is 434 g/mol. The molecule has 2 saturated heterocycles. The van der Waals surface area contributed by atoms with Gasteiger partial charge in [0.15, 0.2) is 5.75 Å². The van der Waals surface area contributed by atoms with Crippen molar-refractivity contribution in [2.24, 2.45) is 5.92 Å². The lowest BCUT2D eigenvalue weighted by atomic mass is 9.93. The highest BCUT2D eigenvalue weighted by atomic mass is 35.5. The van der Waals surface area contributed by atoms with Gasteiger partial charge in [0.05, 0.1) is 5.69 Å². The van der Waals surface area contributed by atoms with Gasteiger partial charge in [-0.2, -0.15) is 0 Å². The summed E-state index contributed by atoms with van der Waals surface area (Å²) in [6.45, 7) is 3.27. The summed E-state index contributed by atoms with van der Waals surface area (Å²) in [6.07, 6.45) is 3.04. The molecule has 0 unspecified atom stereocenters. The number of nitrogens with one attached hydrogen (secondary N) is 1. The fourth-order valence-electron chi connectivity index (χ4n) is 5.56. The number of nitrogens with zero attached hydrogens (tertiary/aromatic N) is 2. The van der Waals surface area contributed by atoms with Gasteiger partial charge in [-0.25, -0.2) is 4.79 Å². The van der Waals surface area contributed by atoms with E-state index in [1.807, 2.05) is 6.07 Å². The third kappa shape index (κ3) is 3.82. The van der Waals surface area contributed by atoms with Crippen LogP contribution in [0.15, 0.2) is 23.0 Å². The van der Waals surface area contributed by atoms with E-state index in [9.17, 15) is 14.7 Å². The highest BCUT2D eigenvalue weighted by Crippen LogP contribution is 2.40. The first-order chi connectivity index (χ1) is 14.9. The first kappa shape index (κ1) is 22.5. The molecule has 2 aliphatic heterocycles. The largest absolute Gasteiger partial charge is 0.511 e. The number of aromatic amines is 1. The molecule has 3 heterocycles. The molecular formula is C23H28ClN3O5. The number of hydrogen-bond acceptors (Lipinski definition) is 6. The molecule has 3 aliphatic rings. The van der Waals surface area contributed by atoms with E-state index >= 15 is 0 Å². The molecule has 0 saturated carbocycles. The second-order valence-electron chi connectivity index (χ2n) is 8.90. The highest BCUT2D eigenvalue weighted by Gasteiger charge is 2.37. The number of likely N-dealkylation sites (tertiary alicyclic amines) is 1. The summed E-state index contributed by atoms with van der Waals surface area (Å²) in [7, 11) is 2.22. The van der Waals surface area contributed by atoms with Gasteiger partial charge in [0.2, 0.25) is 5.75 Å². The van der Waals surface area contributed by atoms with Gasteiger partial charge in [-0.1, -0.05) is 6.07 Å². The minimum Gasteiger partial charge on any atom is -0.504 e. The first-order valence-corrected chi connectivity index (χ1v) is 10.9. The lowest BCUT2D eigenvalue weighted by molar-refractivity contribution is 0.142. The molecule has 8 nitrogen and oxygen atoms in total. The number of aryl methyl sites for hydroxylation is 1. The standard InChI is InChI=1S/C23H27N3O5.ClH/c1-25-9-3-5-14-11-26(12-18(14)25)15-7-8-16-13(10-15)4-2-6-17-19(16)24-22(28)21(20(17)27)31-23(29)30;/h7-8,10,14,18H,2-6,9,11-12H2,1H3,(H,29,30)(H2,24,27,28);1H/t14-,18+;/m1./s1. The lowest BCUT2D eigenvalue weighted by Gasteiger charge is -2.33. The maximum atomic E-state index is 12.4. The van der Waals surface area contributed by atoms with E-state index in [1.54, 1.807) is 0 Å². The first-order valence-electron chi connectivity index (χ1n) is 10.9. The molecule has 1 aromatic carbocycles. The number of aromatic hydroxyl groups is 1. The molecule has 1 aromatic heterocycles. The average Bonchev–Trinajstić information content (AvgIpc) is 3.10. The van der Waals surface area contributed by atoms with Crippen LogP contribution in [0.2, 0.25) is 0 Å². The summed E-state index contributed by atoms with van der Waals surface area (Å²) in [5.74, 6) is -0.237. The van der Waals surface area contributed by atoms with Crippen molar-refractivity contribution in [2.45, 2.75) is 38.1 Å². The monoisotopic (exact) mass is 461 g/mol. The summed E-state index contributed by atoms with van der Waals surface area (Å²) in [5.41, 5.74) is 3.52. The molecule has 3 N–H and O–H groups in total. The molecule has 9 heteroatoms. The van der Waals surface area contributed by atoms with E-state index in [0.717, 1.165) is 37.1 Å². The van der Waals surface area contributed by atoms with Gasteiger partial charge in [-0.05, 0) is 69.3 Å². The van der Waals surface area contributed by atoms with E-state index in [2.05, 4.69) is 38.7 Å². The van der Waals surface area contributed by atoms with E-state index in [-0.39, 0.29) is 18.2 Å². The van der Waals surface area contributed by atoms with E-state index < -0.39 is 17.5 Å². The Morgan fingerprint density at radius 3 is 2.78 bits per heavy atom. The summed E-state index contributed by atoms with van der Waals surface area (Å²) in [6, 6.07) is 6.91. The van der Waals surface area contributed by atoms with E-state index in [1.165, 1.54) is 25.1 Å². The third-order valence-electron chi connectivity index (χ3n) is 7.09. The van der Waals surface area contributed by atoms with Crippen molar-refractivity contribution in [3.63, 3.8) is 0 Å². The molecule has 32 heavy (non-hydrogen) atoms. The van der Waals surface area contributed by atoms with Gasteiger partial charge in [-0.15, -0.1) is 12.4 Å². The zero-order valence-corrected chi connectivity index (χ0v) is 18.8. The number of H-pyrrole nitrogens is 1. The van der Waals surface area contributed by atoms with Crippen LogP contribution in [0.5, 0.6) is 11.5 Å². The Bertz CT molecular complexity index is 1100. The number of carbonyl (C=O) groups is 1. The average molecular weight is 462 g/mol. The number of benzene rings is 1. The summed E-state index contributed by atoms with van der Waals surface area (Å²) in [5, 5.41) is 19.4. The zero-order valence-electron chi connectivity index (χ0n) is 18.0. The number of rotatable bonds is 2. The van der Waals surface area contributed by atoms with Crippen LogP contribution in [-0.4, -0.2) is 59.0 Å². The third-order valence-corrected chi connectivity index (χ3v) is 7.09. The molecule has 0 bridgehead atoms. The number of halogens is 1. The Kier molecular flexibility index (Phi) is 6.09. The predicted octanol–water partition coefficient (Wildman–Crippen LogP) is 3.25. The summed E-state index contributed by atoms with van der Waals surface area (Å²) < 4.78 is 4.52. The lowest BCUT2D eigenvalue weighted by Crippen LogP contribution is -2.42. The number of likely N-dealkylation sites (N-methyl/N-ethyl adjacent to an activating group) is 1. The number of piperidine rings is 1. The van der Waals surface area contributed by atoms with Gasteiger partial charge in [0, 0.05) is 35.9 Å². The Labute approximate surface area is 192 Å². The number of hydrogen-bond donors (Lipinski definition) is 3. The van der Waals surface area contributed by atoms with Crippen molar-refractivity contribution < 1.29 is 19.7 Å². The SMILES string of the molecule is CN1CCC[C@@H]2CN(c3ccc4c(c3)CCCc3c-4[nH]c(=O)c(OC(=O)O)c3O)C[C@@H]21.Cl. The number of ether oxygens (including phenoxy) is 1. The Morgan fingerprint density at radius 2 is 2.03 bits per heavy atom. The number of aromatic nitrogens is 1.